The minimum atomic E-state index is 0.594. The van der Waals surface area contributed by atoms with Crippen LogP contribution in [0.4, 0.5) is 0 Å². The average molecular weight is 346 g/mol. The molecule has 8 nitrogen and oxygen atoms in total. The van der Waals surface area contributed by atoms with Crippen molar-refractivity contribution in [2.75, 3.05) is 20.1 Å². The molecule has 0 aromatic carbocycles. The van der Waals surface area contributed by atoms with E-state index in [1.165, 1.54) is 19.3 Å². The molecule has 3 rings (SSSR count). The van der Waals surface area contributed by atoms with Gasteiger partial charge in [-0.15, -0.1) is 0 Å². The zero-order chi connectivity index (χ0) is 17.6. The van der Waals surface area contributed by atoms with Crippen molar-refractivity contribution >= 4 is 0 Å². The molecule has 1 aliphatic heterocycles. The summed E-state index contributed by atoms with van der Waals surface area (Å²) in [7, 11) is 2.21. The molecule has 8 heteroatoms. The standard InChI is InChI=1S/C17H30N8/c1-4-24-16(18-13-20-24)11-22(3)15-7-6-9-23(10-8-15)12-17-19-14-21-25(17)5-2/h13-15H,4-12H2,1-3H3/t15-/m0/s1. The molecule has 0 bridgehead atoms. The first-order valence-electron chi connectivity index (χ1n) is 9.37. The van der Waals surface area contributed by atoms with Crippen LogP contribution in [-0.4, -0.2) is 65.5 Å². The molecule has 1 saturated heterocycles. The average Bonchev–Trinajstić information content (AvgIpc) is 3.19. The van der Waals surface area contributed by atoms with Gasteiger partial charge < -0.3 is 0 Å². The van der Waals surface area contributed by atoms with E-state index in [0.717, 1.165) is 50.9 Å². The van der Waals surface area contributed by atoms with E-state index in [0.29, 0.717) is 6.04 Å². The Bertz CT molecular complexity index is 649. The van der Waals surface area contributed by atoms with Crippen LogP contribution in [0.15, 0.2) is 12.7 Å². The molecule has 0 saturated carbocycles. The summed E-state index contributed by atoms with van der Waals surface area (Å²) >= 11 is 0. The number of hydrogen-bond donors (Lipinski definition) is 0. The van der Waals surface area contributed by atoms with Crippen molar-refractivity contribution in [3.05, 3.63) is 24.3 Å². The molecule has 0 N–H and O–H groups in total. The molecule has 2 aromatic heterocycles. The van der Waals surface area contributed by atoms with Crippen LogP contribution in [0.1, 0.15) is 44.8 Å². The first-order chi connectivity index (χ1) is 12.2. The van der Waals surface area contributed by atoms with E-state index >= 15 is 0 Å². The zero-order valence-corrected chi connectivity index (χ0v) is 15.7. The van der Waals surface area contributed by atoms with Gasteiger partial charge in [0.25, 0.3) is 0 Å². The van der Waals surface area contributed by atoms with E-state index < -0.39 is 0 Å². The topological polar surface area (TPSA) is 67.9 Å². The maximum atomic E-state index is 4.42. The number of aryl methyl sites for hydroxylation is 2. The lowest BCUT2D eigenvalue weighted by Gasteiger charge is -2.27. The Morgan fingerprint density at radius 2 is 1.68 bits per heavy atom. The SMILES string of the molecule is CCn1ncnc1CN1CCC[C@H](N(C)Cc2ncnn2CC)CC1. The van der Waals surface area contributed by atoms with Crippen molar-refractivity contribution in [1.29, 1.82) is 0 Å². The van der Waals surface area contributed by atoms with Gasteiger partial charge in [-0.1, -0.05) is 0 Å². The van der Waals surface area contributed by atoms with Gasteiger partial charge in [0.05, 0.1) is 13.1 Å². The van der Waals surface area contributed by atoms with Crippen LogP contribution in [-0.2, 0) is 26.2 Å². The second kappa shape index (κ2) is 8.53. The lowest BCUT2D eigenvalue weighted by atomic mass is 10.1. The van der Waals surface area contributed by atoms with E-state index in [2.05, 4.69) is 50.9 Å². The molecule has 0 aliphatic carbocycles. The summed E-state index contributed by atoms with van der Waals surface area (Å²) in [5.74, 6) is 2.13. The van der Waals surface area contributed by atoms with Crippen molar-refractivity contribution in [2.45, 2.75) is 65.3 Å². The van der Waals surface area contributed by atoms with Gasteiger partial charge in [-0.05, 0) is 46.7 Å². The second-order valence-corrected chi connectivity index (χ2v) is 6.76. The predicted molar refractivity (Wildman–Crippen MR) is 95.8 cm³/mol. The van der Waals surface area contributed by atoms with Crippen molar-refractivity contribution in [1.82, 2.24) is 39.3 Å². The zero-order valence-electron chi connectivity index (χ0n) is 15.7. The fourth-order valence-corrected chi connectivity index (χ4v) is 3.64. The molecule has 3 heterocycles. The summed E-state index contributed by atoms with van der Waals surface area (Å²) in [6.45, 7) is 9.97. The Morgan fingerprint density at radius 3 is 2.40 bits per heavy atom. The predicted octanol–water partition coefficient (Wildman–Crippen LogP) is 1.40. The number of nitrogens with zero attached hydrogens (tertiary/aromatic N) is 8. The lowest BCUT2D eigenvalue weighted by Crippen LogP contribution is -2.33. The smallest absolute Gasteiger partial charge is 0.140 e. The van der Waals surface area contributed by atoms with Gasteiger partial charge in [-0.3, -0.25) is 9.80 Å². The Kier molecular flexibility index (Phi) is 6.14. The first kappa shape index (κ1) is 18.0. The maximum Gasteiger partial charge on any atom is 0.140 e. The van der Waals surface area contributed by atoms with Gasteiger partial charge in [0, 0.05) is 25.7 Å². The third-order valence-corrected chi connectivity index (χ3v) is 5.16. The largest absolute Gasteiger partial charge is 0.296 e. The highest BCUT2D eigenvalue weighted by Crippen LogP contribution is 2.18. The van der Waals surface area contributed by atoms with Crippen LogP contribution in [0, 0.1) is 0 Å². The Hall–Kier alpha value is -1.80. The Morgan fingerprint density at radius 1 is 1.00 bits per heavy atom. The molecule has 25 heavy (non-hydrogen) atoms. The summed E-state index contributed by atoms with van der Waals surface area (Å²) in [4.78, 5) is 13.8. The first-order valence-corrected chi connectivity index (χ1v) is 9.37. The van der Waals surface area contributed by atoms with Gasteiger partial charge in [0.1, 0.15) is 24.3 Å². The monoisotopic (exact) mass is 346 g/mol. The molecular weight excluding hydrogens is 316 g/mol. The molecular formula is C17H30N8. The quantitative estimate of drug-likeness (QED) is 0.755. The highest BCUT2D eigenvalue weighted by atomic mass is 15.4. The minimum Gasteiger partial charge on any atom is -0.296 e. The molecule has 138 valence electrons. The highest BCUT2D eigenvalue weighted by molar-refractivity contribution is 4.88. The van der Waals surface area contributed by atoms with Gasteiger partial charge in [-0.25, -0.2) is 19.3 Å². The van der Waals surface area contributed by atoms with E-state index in [4.69, 9.17) is 0 Å². The maximum absolute atomic E-state index is 4.42. The Labute approximate surface area is 149 Å². The van der Waals surface area contributed by atoms with Crippen LogP contribution < -0.4 is 0 Å². The van der Waals surface area contributed by atoms with Gasteiger partial charge in [-0.2, -0.15) is 10.2 Å². The van der Waals surface area contributed by atoms with E-state index in [1.54, 1.807) is 12.7 Å². The van der Waals surface area contributed by atoms with Crippen LogP contribution >= 0.6 is 0 Å². The summed E-state index contributed by atoms with van der Waals surface area (Å²) < 4.78 is 3.98. The number of rotatable bonds is 7. The van der Waals surface area contributed by atoms with Crippen LogP contribution in [0.2, 0.25) is 0 Å². The van der Waals surface area contributed by atoms with Gasteiger partial charge in [0.15, 0.2) is 0 Å². The summed E-state index contributed by atoms with van der Waals surface area (Å²) in [6, 6.07) is 0.594. The van der Waals surface area contributed by atoms with Crippen molar-refractivity contribution in [3.8, 4) is 0 Å². The normalized spacial score (nSPS) is 19.4. The third-order valence-electron chi connectivity index (χ3n) is 5.16. The van der Waals surface area contributed by atoms with Crippen molar-refractivity contribution in [3.63, 3.8) is 0 Å². The molecule has 2 aromatic rings. The van der Waals surface area contributed by atoms with Crippen molar-refractivity contribution in [2.24, 2.45) is 0 Å². The summed E-state index contributed by atoms with van der Waals surface area (Å²) in [5.41, 5.74) is 0. The third kappa shape index (κ3) is 4.43. The molecule has 1 fully saturated rings. The molecule has 0 unspecified atom stereocenters. The highest BCUT2D eigenvalue weighted by Gasteiger charge is 2.22. The second-order valence-electron chi connectivity index (χ2n) is 6.76. The molecule has 1 aliphatic rings. The fourth-order valence-electron chi connectivity index (χ4n) is 3.64. The molecule has 1 atom stereocenters. The molecule has 0 spiro atoms. The fraction of sp³-hybridized carbons (Fsp3) is 0.765. The van der Waals surface area contributed by atoms with Gasteiger partial charge >= 0.3 is 0 Å². The van der Waals surface area contributed by atoms with E-state index in [-0.39, 0.29) is 0 Å². The number of aromatic nitrogens is 6. The van der Waals surface area contributed by atoms with E-state index in [1.807, 2.05) is 9.36 Å². The number of hydrogen-bond acceptors (Lipinski definition) is 6. The van der Waals surface area contributed by atoms with Crippen LogP contribution in [0.25, 0.3) is 0 Å². The summed E-state index contributed by atoms with van der Waals surface area (Å²) in [5, 5.41) is 8.56. The van der Waals surface area contributed by atoms with E-state index in [9.17, 15) is 0 Å². The molecule has 0 radical (unpaired) electrons. The van der Waals surface area contributed by atoms with Gasteiger partial charge in [0.2, 0.25) is 0 Å². The molecule has 0 amide bonds. The Balaban J connectivity index is 1.54. The van der Waals surface area contributed by atoms with Crippen molar-refractivity contribution < 1.29 is 0 Å². The lowest BCUT2D eigenvalue weighted by molar-refractivity contribution is 0.198. The number of likely N-dealkylation sites (tertiary alicyclic amines) is 1. The minimum absolute atomic E-state index is 0.594. The summed E-state index contributed by atoms with van der Waals surface area (Å²) in [6.07, 6.45) is 6.95. The van der Waals surface area contributed by atoms with Crippen LogP contribution in [0.5, 0.6) is 0 Å². The van der Waals surface area contributed by atoms with Crippen LogP contribution in [0.3, 0.4) is 0 Å².